The van der Waals surface area contributed by atoms with Gasteiger partial charge in [-0.15, -0.1) is 0 Å². The number of aromatic nitrogens is 1. The molecule has 1 heterocycles. The molecule has 5 heteroatoms. The number of benzene rings is 2. The van der Waals surface area contributed by atoms with Crippen molar-refractivity contribution in [1.29, 1.82) is 0 Å². The van der Waals surface area contributed by atoms with Gasteiger partial charge in [-0.1, -0.05) is 18.2 Å². The van der Waals surface area contributed by atoms with Crippen molar-refractivity contribution < 1.29 is 14.3 Å². The Morgan fingerprint density at radius 1 is 1.11 bits per heavy atom. The van der Waals surface area contributed by atoms with Crippen LogP contribution < -0.4 is 9.47 Å². The highest BCUT2D eigenvalue weighted by molar-refractivity contribution is 5.92. The first-order valence-corrected chi connectivity index (χ1v) is 9.44. The Hall–Kier alpha value is -3.21. The van der Waals surface area contributed by atoms with E-state index in [1.54, 1.807) is 20.3 Å². The summed E-state index contributed by atoms with van der Waals surface area (Å²) in [4.78, 5) is 18.1. The van der Waals surface area contributed by atoms with Gasteiger partial charge in [0, 0.05) is 30.4 Å². The zero-order chi connectivity index (χ0) is 19.5. The van der Waals surface area contributed by atoms with Crippen molar-refractivity contribution in [2.24, 2.45) is 0 Å². The van der Waals surface area contributed by atoms with Gasteiger partial charge < -0.3 is 19.4 Å². The lowest BCUT2D eigenvalue weighted by molar-refractivity contribution is -0.127. The Bertz CT molecular complexity index is 1020. The molecular weight excluding hydrogens is 352 g/mol. The zero-order valence-corrected chi connectivity index (χ0v) is 16.1. The van der Waals surface area contributed by atoms with Crippen LogP contribution in [-0.4, -0.2) is 36.1 Å². The van der Waals surface area contributed by atoms with Gasteiger partial charge in [-0.3, -0.25) is 4.79 Å². The smallest absolute Gasteiger partial charge is 0.247 e. The summed E-state index contributed by atoms with van der Waals surface area (Å²) in [5, 5.41) is 1.18. The van der Waals surface area contributed by atoms with E-state index in [0.717, 1.165) is 29.5 Å². The van der Waals surface area contributed by atoms with Crippen LogP contribution in [0.5, 0.6) is 11.5 Å². The number of fused-ring (bicyclic) bond motifs is 1. The number of nitrogens with zero attached hydrogens (tertiary/aromatic N) is 1. The highest BCUT2D eigenvalue weighted by atomic mass is 16.5. The summed E-state index contributed by atoms with van der Waals surface area (Å²) in [7, 11) is 3.21. The van der Waals surface area contributed by atoms with Crippen molar-refractivity contribution in [3.05, 3.63) is 65.9 Å². The number of amides is 1. The molecule has 2 aromatic carbocycles. The molecule has 0 spiro atoms. The second-order valence-corrected chi connectivity index (χ2v) is 7.04. The second-order valence-electron chi connectivity index (χ2n) is 7.04. The minimum atomic E-state index is 0.0314. The molecule has 0 saturated heterocycles. The van der Waals surface area contributed by atoms with E-state index in [9.17, 15) is 4.79 Å². The van der Waals surface area contributed by atoms with Gasteiger partial charge in [0.15, 0.2) is 11.5 Å². The molecule has 1 aromatic heterocycles. The molecule has 1 fully saturated rings. The van der Waals surface area contributed by atoms with Gasteiger partial charge in [0.1, 0.15) is 0 Å². The van der Waals surface area contributed by atoms with Crippen LogP contribution in [-0.2, 0) is 11.3 Å². The van der Waals surface area contributed by atoms with Crippen LogP contribution in [0, 0.1) is 0 Å². The standard InChI is InChI=1S/C23H24N2O3/c1-27-21-9-4-16(14-22(21)28-2)5-10-23(26)25(19-7-8-19)15-17-3-6-18-11-12-24-20(18)13-17/h3-6,9-14,19,24H,7-8,15H2,1-2H3/b10-5+. The minimum Gasteiger partial charge on any atom is -0.493 e. The lowest BCUT2D eigenvalue weighted by atomic mass is 10.1. The molecule has 28 heavy (non-hydrogen) atoms. The predicted molar refractivity (Wildman–Crippen MR) is 110 cm³/mol. The van der Waals surface area contributed by atoms with E-state index in [4.69, 9.17) is 9.47 Å². The van der Waals surface area contributed by atoms with E-state index >= 15 is 0 Å². The average molecular weight is 376 g/mol. The molecule has 0 unspecified atom stereocenters. The Morgan fingerprint density at radius 2 is 1.93 bits per heavy atom. The maximum absolute atomic E-state index is 12.9. The molecular formula is C23H24N2O3. The van der Waals surface area contributed by atoms with Gasteiger partial charge in [0.05, 0.1) is 14.2 Å². The summed E-state index contributed by atoms with van der Waals surface area (Å²) in [6.07, 6.45) is 7.55. The quantitative estimate of drug-likeness (QED) is 0.622. The summed E-state index contributed by atoms with van der Waals surface area (Å²) in [5.74, 6) is 1.35. The molecule has 1 saturated carbocycles. The SMILES string of the molecule is COc1ccc(/C=C/C(=O)N(Cc2ccc3cc[nH]c3c2)C2CC2)cc1OC. The third kappa shape index (κ3) is 3.88. The number of H-pyrrole nitrogens is 1. The third-order valence-corrected chi connectivity index (χ3v) is 5.07. The van der Waals surface area contributed by atoms with Crippen LogP contribution in [0.4, 0.5) is 0 Å². The lowest BCUT2D eigenvalue weighted by Gasteiger charge is -2.21. The minimum absolute atomic E-state index is 0.0314. The maximum Gasteiger partial charge on any atom is 0.247 e. The fourth-order valence-corrected chi connectivity index (χ4v) is 3.38. The first kappa shape index (κ1) is 18.2. The number of hydrogen-bond donors (Lipinski definition) is 1. The van der Waals surface area contributed by atoms with E-state index in [1.165, 1.54) is 5.39 Å². The van der Waals surface area contributed by atoms with Crippen LogP contribution >= 0.6 is 0 Å². The Labute approximate surface area is 164 Å². The molecule has 0 atom stereocenters. The van der Waals surface area contributed by atoms with E-state index in [0.29, 0.717) is 24.1 Å². The first-order valence-electron chi connectivity index (χ1n) is 9.44. The van der Waals surface area contributed by atoms with E-state index < -0.39 is 0 Å². The van der Waals surface area contributed by atoms with E-state index in [1.807, 2.05) is 35.4 Å². The van der Waals surface area contributed by atoms with Gasteiger partial charge >= 0.3 is 0 Å². The molecule has 5 nitrogen and oxygen atoms in total. The molecule has 1 aliphatic carbocycles. The van der Waals surface area contributed by atoms with Crippen LogP contribution in [0.15, 0.2) is 54.7 Å². The summed E-state index contributed by atoms with van der Waals surface area (Å²) in [5.41, 5.74) is 3.13. The van der Waals surface area contributed by atoms with Crippen molar-refractivity contribution in [2.45, 2.75) is 25.4 Å². The number of carbonyl (C=O) groups excluding carboxylic acids is 1. The number of rotatable bonds is 7. The Morgan fingerprint density at radius 3 is 2.68 bits per heavy atom. The summed E-state index contributed by atoms with van der Waals surface area (Å²) in [6, 6.07) is 14.3. The molecule has 1 amide bonds. The van der Waals surface area contributed by atoms with Gasteiger partial charge in [-0.05, 0) is 59.7 Å². The number of nitrogens with one attached hydrogen (secondary N) is 1. The largest absolute Gasteiger partial charge is 0.493 e. The molecule has 3 aromatic rings. The fraction of sp³-hybridized carbons (Fsp3) is 0.261. The van der Waals surface area contributed by atoms with Crippen LogP contribution in [0.25, 0.3) is 17.0 Å². The summed E-state index contributed by atoms with van der Waals surface area (Å²) < 4.78 is 10.6. The van der Waals surface area contributed by atoms with Crippen molar-refractivity contribution in [1.82, 2.24) is 9.88 Å². The van der Waals surface area contributed by atoms with Crippen LogP contribution in [0.1, 0.15) is 24.0 Å². The summed E-state index contributed by atoms with van der Waals surface area (Å²) >= 11 is 0. The molecule has 144 valence electrons. The fourth-order valence-electron chi connectivity index (χ4n) is 3.38. The van der Waals surface area contributed by atoms with Gasteiger partial charge in [0.25, 0.3) is 0 Å². The Kier molecular flexibility index (Phi) is 5.06. The van der Waals surface area contributed by atoms with Gasteiger partial charge in [0.2, 0.25) is 5.91 Å². The molecule has 4 rings (SSSR count). The highest BCUT2D eigenvalue weighted by Gasteiger charge is 2.31. The van der Waals surface area contributed by atoms with Gasteiger partial charge in [-0.2, -0.15) is 0 Å². The number of aromatic amines is 1. The molecule has 1 aliphatic rings. The van der Waals surface area contributed by atoms with Crippen molar-refractivity contribution in [3.63, 3.8) is 0 Å². The molecule has 0 bridgehead atoms. The molecule has 0 aliphatic heterocycles. The Balaban J connectivity index is 1.50. The van der Waals surface area contributed by atoms with Crippen molar-refractivity contribution in [3.8, 4) is 11.5 Å². The maximum atomic E-state index is 12.9. The number of methoxy groups -OCH3 is 2. The number of ether oxygens (including phenoxy) is 2. The topological polar surface area (TPSA) is 54.6 Å². The van der Waals surface area contributed by atoms with Gasteiger partial charge in [-0.25, -0.2) is 0 Å². The number of carbonyl (C=O) groups is 1. The highest BCUT2D eigenvalue weighted by Crippen LogP contribution is 2.30. The second kappa shape index (κ2) is 7.80. The van der Waals surface area contributed by atoms with E-state index in [2.05, 4.69) is 29.2 Å². The first-order chi connectivity index (χ1) is 13.7. The monoisotopic (exact) mass is 376 g/mol. The zero-order valence-electron chi connectivity index (χ0n) is 16.1. The lowest BCUT2D eigenvalue weighted by Crippen LogP contribution is -2.31. The third-order valence-electron chi connectivity index (χ3n) is 5.07. The molecule has 1 N–H and O–H groups in total. The predicted octanol–water partition coefficient (Wildman–Crippen LogP) is 4.39. The summed E-state index contributed by atoms with van der Waals surface area (Å²) in [6.45, 7) is 0.620. The van der Waals surface area contributed by atoms with Crippen LogP contribution in [0.3, 0.4) is 0 Å². The van der Waals surface area contributed by atoms with Crippen LogP contribution in [0.2, 0.25) is 0 Å². The average Bonchev–Trinajstić information content (AvgIpc) is 3.46. The van der Waals surface area contributed by atoms with E-state index in [-0.39, 0.29) is 5.91 Å². The van der Waals surface area contributed by atoms with Crippen molar-refractivity contribution in [2.75, 3.05) is 14.2 Å². The normalized spacial score (nSPS) is 13.8. The molecule has 0 radical (unpaired) electrons. The number of hydrogen-bond acceptors (Lipinski definition) is 3. The van der Waals surface area contributed by atoms with Crippen molar-refractivity contribution >= 4 is 22.9 Å².